The molecule has 1 fully saturated rings. The third-order valence-electron chi connectivity index (χ3n) is 3.96. The van der Waals surface area contributed by atoms with E-state index in [2.05, 4.69) is 0 Å². The predicted octanol–water partition coefficient (Wildman–Crippen LogP) is 3.59. The second-order valence-electron chi connectivity index (χ2n) is 5.48. The number of carbonyl (C=O) groups is 1. The molecule has 1 saturated heterocycles. The minimum Gasteiger partial charge on any atom is -0.330 e. The molecule has 1 amide bonds. The number of benzene rings is 1. The number of hydrogen-bond donors (Lipinski definition) is 0. The lowest BCUT2D eigenvalue weighted by molar-refractivity contribution is -0.172. The van der Waals surface area contributed by atoms with Gasteiger partial charge >= 0.3 is 6.18 Å². The Balaban J connectivity index is 2.26. The fraction of sp³-hybridized carbons (Fsp3) is 0.533. The third kappa shape index (κ3) is 3.14. The summed E-state index contributed by atoms with van der Waals surface area (Å²) in [7, 11) is 0. The summed E-state index contributed by atoms with van der Waals surface area (Å²) in [6.45, 7) is 2.24. The van der Waals surface area contributed by atoms with E-state index in [9.17, 15) is 18.0 Å². The fourth-order valence-electron chi connectivity index (χ4n) is 2.91. The summed E-state index contributed by atoms with van der Waals surface area (Å²) in [6.07, 6.45) is -3.76. The van der Waals surface area contributed by atoms with Crippen molar-refractivity contribution >= 4 is 5.91 Å². The maximum atomic E-state index is 12.6. The molecule has 0 spiro atoms. The molecule has 3 atom stereocenters. The van der Waals surface area contributed by atoms with Crippen LogP contribution < -0.4 is 0 Å². The molecular weight excluding hydrogens is 267 g/mol. The van der Waals surface area contributed by atoms with Gasteiger partial charge in [0.1, 0.15) is 6.54 Å². The summed E-state index contributed by atoms with van der Waals surface area (Å²) >= 11 is 0. The van der Waals surface area contributed by atoms with Crippen LogP contribution in [0.4, 0.5) is 13.2 Å². The molecule has 0 saturated carbocycles. The second kappa shape index (κ2) is 5.46. The zero-order valence-corrected chi connectivity index (χ0v) is 11.5. The molecule has 0 aromatic heterocycles. The summed E-state index contributed by atoms with van der Waals surface area (Å²) in [4.78, 5) is 13.0. The van der Waals surface area contributed by atoms with Crippen molar-refractivity contribution in [3.63, 3.8) is 0 Å². The number of rotatable bonds is 2. The molecule has 0 bridgehead atoms. The Labute approximate surface area is 116 Å². The Kier molecular flexibility index (Phi) is 4.06. The van der Waals surface area contributed by atoms with Gasteiger partial charge in [-0.15, -0.1) is 0 Å². The van der Waals surface area contributed by atoms with Crippen LogP contribution in [0.15, 0.2) is 30.3 Å². The molecule has 0 N–H and O–H groups in total. The molecule has 1 aromatic rings. The molecule has 1 aromatic carbocycles. The largest absolute Gasteiger partial charge is 0.406 e. The number of hydrogen-bond acceptors (Lipinski definition) is 1. The topological polar surface area (TPSA) is 20.3 Å². The Morgan fingerprint density at radius 1 is 1.20 bits per heavy atom. The van der Waals surface area contributed by atoms with Crippen LogP contribution in [0.1, 0.15) is 31.7 Å². The molecule has 0 aliphatic carbocycles. The quantitative estimate of drug-likeness (QED) is 0.813. The van der Waals surface area contributed by atoms with Crippen LogP contribution in [0, 0.1) is 5.92 Å². The zero-order chi connectivity index (χ0) is 14.9. The Morgan fingerprint density at radius 2 is 1.80 bits per heavy atom. The van der Waals surface area contributed by atoms with E-state index in [0.717, 1.165) is 10.5 Å². The molecule has 1 aliphatic rings. The molecule has 0 unspecified atom stereocenters. The van der Waals surface area contributed by atoms with E-state index < -0.39 is 24.7 Å². The smallest absolute Gasteiger partial charge is 0.330 e. The van der Waals surface area contributed by atoms with Gasteiger partial charge in [0.05, 0.1) is 0 Å². The number of likely N-dealkylation sites (tertiary alicyclic amines) is 1. The number of alkyl halides is 3. The first kappa shape index (κ1) is 14.9. The average Bonchev–Trinajstić information content (AvgIpc) is 2.39. The van der Waals surface area contributed by atoms with Crippen molar-refractivity contribution in [2.45, 2.75) is 38.4 Å². The standard InChI is InChI=1S/C15H18F3NO/c1-10-8-13(12-6-4-3-5-7-12)11(2)19(14(10)20)9-15(16,17)18/h3-7,10-11,13H,8-9H2,1-2H3/t10-,11+,13+/m0/s1. The van der Waals surface area contributed by atoms with Gasteiger partial charge in [-0.25, -0.2) is 0 Å². The predicted molar refractivity (Wildman–Crippen MR) is 70.2 cm³/mol. The molecule has 0 radical (unpaired) electrons. The van der Waals surface area contributed by atoms with Crippen molar-refractivity contribution in [1.29, 1.82) is 0 Å². The highest BCUT2D eigenvalue weighted by Crippen LogP contribution is 2.37. The number of carbonyl (C=O) groups excluding carboxylic acids is 1. The number of piperidine rings is 1. The Morgan fingerprint density at radius 3 is 2.35 bits per heavy atom. The summed E-state index contributed by atoms with van der Waals surface area (Å²) in [5.41, 5.74) is 0.992. The van der Waals surface area contributed by atoms with Crippen molar-refractivity contribution < 1.29 is 18.0 Å². The highest BCUT2D eigenvalue weighted by molar-refractivity contribution is 5.80. The van der Waals surface area contributed by atoms with Gasteiger partial charge in [-0.05, 0) is 18.9 Å². The van der Waals surface area contributed by atoms with Crippen molar-refractivity contribution in [3.8, 4) is 0 Å². The van der Waals surface area contributed by atoms with Crippen molar-refractivity contribution in [1.82, 2.24) is 4.90 Å². The van der Waals surface area contributed by atoms with E-state index >= 15 is 0 Å². The maximum absolute atomic E-state index is 12.6. The lowest BCUT2D eigenvalue weighted by atomic mass is 9.79. The van der Waals surface area contributed by atoms with Gasteiger partial charge in [-0.2, -0.15) is 13.2 Å². The molecule has 20 heavy (non-hydrogen) atoms. The lowest BCUT2D eigenvalue weighted by Crippen LogP contribution is -2.52. The molecule has 110 valence electrons. The minimum atomic E-state index is -4.36. The second-order valence-corrected chi connectivity index (χ2v) is 5.48. The van der Waals surface area contributed by atoms with Crippen LogP contribution in [0.25, 0.3) is 0 Å². The van der Waals surface area contributed by atoms with Gasteiger partial charge in [0, 0.05) is 17.9 Å². The zero-order valence-electron chi connectivity index (χ0n) is 11.5. The van der Waals surface area contributed by atoms with Gasteiger partial charge in [-0.3, -0.25) is 4.79 Å². The molecule has 2 rings (SSSR count). The van der Waals surface area contributed by atoms with Gasteiger partial charge < -0.3 is 4.90 Å². The van der Waals surface area contributed by atoms with E-state index in [0.29, 0.717) is 6.42 Å². The minimum absolute atomic E-state index is 0.0498. The number of nitrogens with zero attached hydrogens (tertiary/aromatic N) is 1. The van der Waals surface area contributed by atoms with Crippen molar-refractivity contribution in [2.24, 2.45) is 5.92 Å². The monoisotopic (exact) mass is 285 g/mol. The van der Waals surface area contributed by atoms with Gasteiger partial charge in [-0.1, -0.05) is 37.3 Å². The Bertz CT molecular complexity index is 472. The van der Waals surface area contributed by atoms with Gasteiger partial charge in [0.2, 0.25) is 5.91 Å². The molecule has 1 heterocycles. The summed E-state index contributed by atoms with van der Waals surface area (Å²) in [6, 6.07) is 9.00. The fourth-order valence-corrected chi connectivity index (χ4v) is 2.91. The first-order chi connectivity index (χ1) is 9.29. The van der Waals surface area contributed by atoms with E-state index in [1.807, 2.05) is 30.3 Å². The highest BCUT2D eigenvalue weighted by atomic mass is 19.4. The van der Waals surface area contributed by atoms with Gasteiger partial charge in [0.15, 0.2) is 0 Å². The SMILES string of the molecule is C[C@@H]1[C@H](c2ccccc2)C[C@H](C)C(=O)N1CC(F)(F)F. The lowest BCUT2D eigenvalue weighted by Gasteiger charge is -2.42. The van der Waals surface area contributed by atoms with Crippen LogP contribution in [-0.4, -0.2) is 29.6 Å². The number of amides is 1. The molecular formula is C15H18F3NO. The van der Waals surface area contributed by atoms with Crippen LogP contribution in [0.5, 0.6) is 0 Å². The van der Waals surface area contributed by atoms with Crippen LogP contribution >= 0.6 is 0 Å². The van der Waals surface area contributed by atoms with E-state index in [1.165, 1.54) is 0 Å². The Hall–Kier alpha value is -1.52. The summed E-state index contributed by atoms with van der Waals surface area (Å²) in [5, 5.41) is 0. The number of halogens is 3. The maximum Gasteiger partial charge on any atom is 0.406 e. The first-order valence-corrected chi connectivity index (χ1v) is 6.72. The molecule has 2 nitrogen and oxygen atoms in total. The van der Waals surface area contributed by atoms with Crippen LogP contribution in [0.2, 0.25) is 0 Å². The van der Waals surface area contributed by atoms with Crippen molar-refractivity contribution in [3.05, 3.63) is 35.9 Å². The summed E-state index contributed by atoms with van der Waals surface area (Å²) in [5.74, 6) is -0.827. The third-order valence-corrected chi connectivity index (χ3v) is 3.96. The van der Waals surface area contributed by atoms with Crippen molar-refractivity contribution in [2.75, 3.05) is 6.54 Å². The van der Waals surface area contributed by atoms with Gasteiger partial charge in [0.25, 0.3) is 0 Å². The molecule has 5 heteroatoms. The normalized spacial score (nSPS) is 27.8. The van der Waals surface area contributed by atoms with E-state index in [-0.39, 0.29) is 11.8 Å². The average molecular weight is 285 g/mol. The summed E-state index contributed by atoms with van der Waals surface area (Å²) < 4.78 is 37.9. The van der Waals surface area contributed by atoms with E-state index in [4.69, 9.17) is 0 Å². The van der Waals surface area contributed by atoms with Crippen LogP contribution in [0.3, 0.4) is 0 Å². The van der Waals surface area contributed by atoms with E-state index in [1.54, 1.807) is 13.8 Å². The first-order valence-electron chi connectivity index (χ1n) is 6.72. The molecule has 1 aliphatic heterocycles. The van der Waals surface area contributed by atoms with Crippen LogP contribution in [-0.2, 0) is 4.79 Å². The highest BCUT2D eigenvalue weighted by Gasteiger charge is 2.43.